The normalized spacial score (nSPS) is 17.9. The van der Waals surface area contributed by atoms with Gasteiger partial charge in [-0.3, -0.25) is 9.59 Å². The molecule has 8 heteroatoms. The predicted molar refractivity (Wildman–Crippen MR) is 119 cm³/mol. The number of halogens is 1. The van der Waals surface area contributed by atoms with Gasteiger partial charge in [0.15, 0.2) is 0 Å². The highest BCUT2D eigenvalue weighted by molar-refractivity contribution is 9.10. The molecule has 0 radical (unpaired) electrons. The summed E-state index contributed by atoms with van der Waals surface area (Å²) in [5, 5.41) is 19.9. The number of aliphatic hydroxyl groups is 2. The lowest BCUT2D eigenvalue weighted by Gasteiger charge is -2.25. The Bertz CT molecular complexity index is 955. The van der Waals surface area contributed by atoms with Crippen molar-refractivity contribution in [1.29, 1.82) is 0 Å². The molecule has 1 fully saturated rings. The van der Waals surface area contributed by atoms with Crippen molar-refractivity contribution in [3.05, 3.63) is 69.7 Å². The molecule has 1 aliphatic heterocycles. The molecule has 31 heavy (non-hydrogen) atoms. The monoisotopic (exact) mass is 489 g/mol. The fourth-order valence-corrected chi connectivity index (χ4v) is 3.73. The molecule has 0 saturated carbocycles. The number of Topliss-reactive ketones (excluding diaryl/α,β-unsaturated/α-hetero) is 1. The van der Waals surface area contributed by atoms with Gasteiger partial charge in [0, 0.05) is 16.6 Å². The molecule has 2 aromatic carbocycles. The van der Waals surface area contributed by atoms with Crippen molar-refractivity contribution in [1.82, 2.24) is 4.90 Å². The summed E-state index contributed by atoms with van der Waals surface area (Å²) in [6.07, 6.45) is 0. The van der Waals surface area contributed by atoms with Crippen molar-refractivity contribution in [3.8, 4) is 5.75 Å². The van der Waals surface area contributed by atoms with Gasteiger partial charge in [-0.15, -0.1) is 0 Å². The molecule has 0 unspecified atom stereocenters. The summed E-state index contributed by atoms with van der Waals surface area (Å²) in [7, 11) is 0. The highest BCUT2D eigenvalue weighted by Crippen LogP contribution is 2.39. The first-order valence-electron chi connectivity index (χ1n) is 9.93. The highest BCUT2D eigenvalue weighted by atomic mass is 79.9. The lowest BCUT2D eigenvalue weighted by atomic mass is 9.95. The van der Waals surface area contributed by atoms with E-state index in [1.54, 1.807) is 48.5 Å². The van der Waals surface area contributed by atoms with Gasteiger partial charge >= 0.3 is 0 Å². The molecule has 0 bridgehead atoms. The van der Waals surface area contributed by atoms with Gasteiger partial charge in [-0.1, -0.05) is 40.2 Å². The molecule has 164 valence electrons. The van der Waals surface area contributed by atoms with E-state index in [1.165, 1.54) is 4.90 Å². The van der Waals surface area contributed by atoms with Gasteiger partial charge < -0.3 is 24.6 Å². The number of nitrogens with zero attached hydrogens (tertiary/aromatic N) is 1. The molecular formula is C23H24BrNO6. The summed E-state index contributed by atoms with van der Waals surface area (Å²) < 4.78 is 11.6. The second kappa shape index (κ2) is 10.6. The third kappa shape index (κ3) is 5.15. The number of amides is 1. The molecule has 0 spiro atoms. The fraction of sp³-hybridized carbons (Fsp3) is 0.304. The molecule has 2 N–H and O–H groups in total. The number of carbonyl (C=O) groups is 2. The first kappa shape index (κ1) is 23.0. The minimum atomic E-state index is -0.767. The lowest BCUT2D eigenvalue weighted by Crippen LogP contribution is -2.33. The van der Waals surface area contributed by atoms with Crippen molar-refractivity contribution in [3.63, 3.8) is 0 Å². The van der Waals surface area contributed by atoms with Crippen molar-refractivity contribution < 1.29 is 29.3 Å². The van der Waals surface area contributed by atoms with Crippen LogP contribution >= 0.6 is 15.9 Å². The number of aliphatic hydroxyl groups excluding tert-OH is 2. The molecule has 1 aliphatic rings. The first-order chi connectivity index (χ1) is 15.0. The highest BCUT2D eigenvalue weighted by Gasteiger charge is 2.45. The lowest BCUT2D eigenvalue weighted by molar-refractivity contribution is -0.140. The SMILES string of the molecule is CCOc1ccc([C@H]2C(=C(O)c3ccc(Br)cc3)C(=O)C(=O)N2CCOCCO)cc1. The topological polar surface area (TPSA) is 96.3 Å². The maximum atomic E-state index is 12.9. The molecule has 1 saturated heterocycles. The molecular weight excluding hydrogens is 466 g/mol. The standard InChI is InChI=1S/C23H24BrNO6/c1-2-31-18-9-5-15(6-10-18)20-19(21(27)16-3-7-17(24)8-4-16)22(28)23(29)25(20)11-13-30-14-12-26/h3-10,20,26-27H,2,11-14H2,1H3/t20-/m0/s1. The Labute approximate surface area is 189 Å². The van der Waals surface area contributed by atoms with Gasteiger partial charge in [-0.2, -0.15) is 0 Å². The van der Waals surface area contributed by atoms with Crippen molar-refractivity contribution in [2.45, 2.75) is 13.0 Å². The van der Waals surface area contributed by atoms with Crippen LogP contribution in [0.3, 0.4) is 0 Å². The number of rotatable bonds is 9. The number of likely N-dealkylation sites (tertiary alicyclic amines) is 1. The zero-order chi connectivity index (χ0) is 22.4. The second-order valence-electron chi connectivity index (χ2n) is 6.84. The third-order valence-corrected chi connectivity index (χ3v) is 5.41. The molecule has 1 atom stereocenters. The summed E-state index contributed by atoms with van der Waals surface area (Å²) in [4.78, 5) is 27.1. The Balaban J connectivity index is 2.03. The maximum Gasteiger partial charge on any atom is 0.295 e. The van der Waals surface area contributed by atoms with Crippen LogP contribution in [0, 0.1) is 0 Å². The molecule has 2 aromatic rings. The quantitative estimate of drug-likeness (QED) is 0.243. The second-order valence-corrected chi connectivity index (χ2v) is 7.75. The molecule has 0 aromatic heterocycles. The fourth-order valence-electron chi connectivity index (χ4n) is 3.46. The summed E-state index contributed by atoms with van der Waals surface area (Å²) in [5.74, 6) is -1.02. The number of ether oxygens (including phenoxy) is 2. The minimum Gasteiger partial charge on any atom is -0.507 e. The van der Waals surface area contributed by atoms with Gasteiger partial charge in [0.1, 0.15) is 11.5 Å². The molecule has 1 heterocycles. The zero-order valence-electron chi connectivity index (χ0n) is 17.1. The molecule has 0 aliphatic carbocycles. The Morgan fingerprint density at radius 2 is 1.74 bits per heavy atom. The molecule has 7 nitrogen and oxygen atoms in total. The van der Waals surface area contributed by atoms with Crippen LogP contribution in [-0.2, 0) is 14.3 Å². The Morgan fingerprint density at radius 1 is 1.06 bits per heavy atom. The van der Waals surface area contributed by atoms with Crippen LogP contribution in [0.2, 0.25) is 0 Å². The van der Waals surface area contributed by atoms with Gasteiger partial charge in [0.25, 0.3) is 11.7 Å². The summed E-state index contributed by atoms with van der Waals surface area (Å²) in [6, 6.07) is 13.2. The van der Waals surface area contributed by atoms with Crippen LogP contribution in [0.4, 0.5) is 0 Å². The third-order valence-electron chi connectivity index (χ3n) is 4.88. The number of ketones is 1. The van der Waals surface area contributed by atoms with E-state index >= 15 is 0 Å². The van der Waals surface area contributed by atoms with Crippen LogP contribution in [0.15, 0.2) is 58.6 Å². The van der Waals surface area contributed by atoms with E-state index in [0.717, 1.165) is 4.47 Å². The molecule has 1 amide bonds. The number of hydrogen-bond donors (Lipinski definition) is 2. The zero-order valence-corrected chi connectivity index (χ0v) is 18.7. The van der Waals surface area contributed by atoms with Gasteiger partial charge in [-0.05, 0) is 36.8 Å². The number of hydrogen-bond acceptors (Lipinski definition) is 6. The van der Waals surface area contributed by atoms with Crippen molar-refractivity contribution >= 4 is 33.4 Å². The van der Waals surface area contributed by atoms with E-state index in [-0.39, 0.29) is 37.7 Å². The van der Waals surface area contributed by atoms with Crippen molar-refractivity contribution in [2.24, 2.45) is 0 Å². The average Bonchev–Trinajstić information content (AvgIpc) is 3.02. The van der Waals surface area contributed by atoms with E-state index in [0.29, 0.717) is 23.5 Å². The number of carbonyl (C=O) groups excluding carboxylic acids is 2. The van der Waals surface area contributed by atoms with Crippen LogP contribution < -0.4 is 4.74 Å². The largest absolute Gasteiger partial charge is 0.507 e. The van der Waals surface area contributed by atoms with Crippen LogP contribution in [0.5, 0.6) is 5.75 Å². The van der Waals surface area contributed by atoms with Gasteiger partial charge in [-0.25, -0.2) is 0 Å². The van der Waals surface area contributed by atoms with Gasteiger partial charge in [0.05, 0.1) is 38.0 Å². The Morgan fingerprint density at radius 3 is 2.35 bits per heavy atom. The van der Waals surface area contributed by atoms with E-state index in [9.17, 15) is 14.7 Å². The Kier molecular flexibility index (Phi) is 7.84. The van der Waals surface area contributed by atoms with E-state index in [4.69, 9.17) is 14.6 Å². The Hall–Kier alpha value is -2.68. The van der Waals surface area contributed by atoms with E-state index in [2.05, 4.69) is 15.9 Å². The summed E-state index contributed by atoms with van der Waals surface area (Å²) >= 11 is 3.35. The summed E-state index contributed by atoms with van der Waals surface area (Å²) in [5.41, 5.74) is 1.13. The van der Waals surface area contributed by atoms with Crippen molar-refractivity contribution in [2.75, 3.05) is 33.0 Å². The summed E-state index contributed by atoms with van der Waals surface area (Å²) in [6.45, 7) is 2.69. The number of benzene rings is 2. The van der Waals surface area contributed by atoms with Crippen LogP contribution in [-0.4, -0.2) is 59.8 Å². The van der Waals surface area contributed by atoms with Crippen LogP contribution in [0.25, 0.3) is 5.76 Å². The maximum absolute atomic E-state index is 12.9. The first-order valence-corrected chi connectivity index (χ1v) is 10.7. The predicted octanol–water partition coefficient (Wildman–Crippen LogP) is 3.28. The average molecular weight is 490 g/mol. The van der Waals surface area contributed by atoms with E-state index in [1.807, 2.05) is 6.92 Å². The smallest absolute Gasteiger partial charge is 0.295 e. The minimum absolute atomic E-state index is 0.0265. The van der Waals surface area contributed by atoms with Crippen LogP contribution in [0.1, 0.15) is 24.1 Å². The van der Waals surface area contributed by atoms with E-state index < -0.39 is 17.7 Å². The molecule has 3 rings (SSSR count). The van der Waals surface area contributed by atoms with Gasteiger partial charge in [0.2, 0.25) is 0 Å².